The Morgan fingerprint density at radius 1 is 1.05 bits per heavy atom. The molecule has 1 aromatic rings. The van der Waals surface area contributed by atoms with Crippen LogP contribution in [0.25, 0.3) is 0 Å². The van der Waals surface area contributed by atoms with Crippen molar-refractivity contribution in [3.8, 4) is 6.01 Å². The molecule has 0 radical (unpaired) electrons. The highest BCUT2D eigenvalue weighted by atomic mass is 16.5. The number of hydrogen-bond donors (Lipinski definition) is 1. The van der Waals surface area contributed by atoms with E-state index in [4.69, 9.17) is 4.74 Å². The van der Waals surface area contributed by atoms with Gasteiger partial charge in [-0.3, -0.25) is 0 Å². The Kier molecular flexibility index (Phi) is 5.83. The van der Waals surface area contributed by atoms with Crippen molar-refractivity contribution < 1.29 is 4.74 Å². The van der Waals surface area contributed by atoms with E-state index >= 15 is 0 Å². The molecule has 2 heterocycles. The van der Waals surface area contributed by atoms with Gasteiger partial charge in [0, 0.05) is 19.6 Å². The largest absolute Gasteiger partial charge is 0.463 e. The Morgan fingerprint density at radius 3 is 2.55 bits per heavy atom. The van der Waals surface area contributed by atoms with E-state index in [1.165, 1.54) is 19.3 Å². The first kappa shape index (κ1) is 14.8. The van der Waals surface area contributed by atoms with E-state index in [0.717, 1.165) is 38.4 Å². The third-order valence-electron chi connectivity index (χ3n) is 3.21. The molecule has 0 bridgehead atoms. The molecule has 1 aliphatic heterocycles. The van der Waals surface area contributed by atoms with Crippen LogP contribution >= 0.6 is 0 Å². The van der Waals surface area contributed by atoms with Gasteiger partial charge >= 0.3 is 6.01 Å². The molecule has 0 spiro atoms. The van der Waals surface area contributed by atoms with Crippen molar-refractivity contribution in [3.05, 3.63) is 0 Å². The van der Waals surface area contributed by atoms with Crippen LogP contribution in [0.4, 0.5) is 11.9 Å². The van der Waals surface area contributed by atoms with Crippen molar-refractivity contribution in [3.63, 3.8) is 0 Å². The number of hydrogen-bond acceptors (Lipinski definition) is 6. The van der Waals surface area contributed by atoms with Gasteiger partial charge in [-0.05, 0) is 32.1 Å². The lowest BCUT2D eigenvalue weighted by Crippen LogP contribution is -2.31. The van der Waals surface area contributed by atoms with Crippen molar-refractivity contribution in [2.24, 2.45) is 0 Å². The molecule has 1 saturated heterocycles. The fraction of sp³-hybridized carbons (Fsp3) is 0.786. The molecule has 1 fully saturated rings. The number of rotatable bonds is 7. The number of aromatic nitrogens is 3. The van der Waals surface area contributed by atoms with E-state index in [1.54, 1.807) is 0 Å². The first-order valence-electron chi connectivity index (χ1n) is 7.71. The first-order valence-corrected chi connectivity index (χ1v) is 7.71. The summed E-state index contributed by atoms with van der Waals surface area (Å²) in [6.45, 7) is 7.72. The van der Waals surface area contributed by atoms with Crippen molar-refractivity contribution in [1.82, 2.24) is 15.0 Å². The van der Waals surface area contributed by atoms with Crippen molar-refractivity contribution >= 4 is 11.9 Å². The van der Waals surface area contributed by atoms with Crippen LogP contribution in [0.15, 0.2) is 0 Å². The second kappa shape index (κ2) is 7.87. The van der Waals surface area contributed by atoms with E-state index in [2.05, 4.69) is 39.0 Å². The van der Waals surface area contributed by atoms with E-state index in [0.29, 0.717) is 18.6 Å². The average Bonchev–Trinajstić information content (AvgIpc) is 2.51. The highest BCUT2D eigenvalue weighted by Gasteiger charge is 2.16. The van der Waals surface area contributed by atoms with Crippen LogP contribution in [-0.4, -0.2) is 41.2 Å². The summed E-state index contributed by atoms with van der Waals surface area (Å²) >= 11 is 0. The fourth-order valence-corrected chi connectivity index (χ4v) is 2.15. The Labute approximate surface area is 121 Å². The number of piperidine rings is 1. The third-order valence-corrected chi connectivity index (χ3v) is 3.21. The molecular weight excluding hydrogens is 254 g/mol. The lowest BCUT2D eigenvalue weighted by atomic mass is 10.1. The predicted molar refractivity (Wildman–Crippen MR) is 80.5 cm³/mol. The monoisotopic (exact) mass is 279 g/mol. The SMILES string of the molecule is CCCNc1nc(OCCC)nc(N2CCCCC2)n1. The van der Waals surface area contributed by atoms with E-state index in [9.17, 15) is 0 Å². The van der Waals surface area contributed by atoms with Crippen LogP contribution < -0.4 is 15.0 Å². The molecule has 0 aliphatic carbocycles. The van der Waals surface area contributed by atoms with Crippen LogP contribution in [-0.2, 0) is 0 Å². The summed E-state index contributed by atoms with van der Waals surface area (Å²) in [6.07, 6.45) is 5.68. The highest BCUT2D eigenvalue weighted by Crippen LogP contribution is 2.19. The van der Waals surface area contributed by atoms with Crippen molar-refractivity contribution in [2.75, 3.05) is 36.5 Å². The maximum atomic E-state index is 5.58. The van der Waals surface area contributed by atoms with Crippen LogP contribution in [0, 0.1) is 0 Å². The van der Waals surface area contributed by atoms with E-state index in [-0.39, 0.29) is 0 Å². The fourth-order valence-electron chi connectivity index (χ4n) is 2.15. The smallest absolute Gasteiger partial charge is 0.323 e. The standard InChI is InChI=1S/C14H25N5O/c1-3-8-15-12-16-13(19-9-6-5-7-10-19)18-14(17-12)20-11-4-2/h3-11H2,1-2H3,(H,15,16,17,18). The normalized spacial score (nSPS) is 15.2. The minimum absolute atomic E-state index is 0.432. The zero-order valence-electron chi connectivity index (χ0n) is 12.6. The minimum atomic E-state index is 0.432. The summed E-state index contributed by atoms with van der Waals surface area (Å²) in [7, 11) is 0. The van der Waals surface area contributed by atoms with Gasteiger partial charge in [-0.15, -0.1) is 0 Å². The molecule has 6 nitrogen and oxygen atoms in total. The molecule has 2 rings (SSSR count). The molecular formula is C14H25N5O. The Morgan fingerprint density at radius 2 is 1.85 bits per heavy atom. The number of nitrogens with one attached hydrogen (secondary N) is 1. The van der Waals surface area contributed by atoms with Gasteiger partial charge in [0.05, 0.1) is 6.61 Å². The van der Waals surface area contributed by atoms with Gasteiger partial charge < -0.3 is 15.0 Å². The third kappa shape index (κ3) is 4.21. The lowest BCUT2D eigenvalue weighted by Gasteiger charge is -2.26. The quantitative estimate of drug-likeness (QED) is 0.827. The molecule has 6 heteroatoms. The van der Waals surface area contributed by atoms with Gasteiger partial charge in [-0.25, -0.2) is 0 Å². The van der Waals surface area contributed by atoms with Crippen LogP contribution in [0.2, 0.25) is 0 Å². The zero-order valence-corrected chi connectivity index (χ0v) is 12.6. The van der Waals surface area contributed by atoms with Gasteiger partial charge in [0.2, 0.25) is 11.9 Å². The Bertz CT molecular complexity index is 380. The van der Waals surface area contributed by atoms with Crippen molar-refractivity contribution in [1.29, 1.82) is 0 Å². The Hall–Kier alpha value is -1.59. The van der Waals surface area contributed by atoms with Gasteiger partial charge in [0.25, 0.3) is 0 Å². The first-order chi connectivity index (χ1) is 9.83. The van der Waals surface area contributed by atoms with Crippen LogP contribution in [0.5, 0.6) is 6.01 Å². The minimum Gasteiger partial charge on any atom is -0.463 e. The summed E-state index contributed by atoms with van der Waals surface area (Å²) in [5, 5.41) is 3.22. The molecule has 0 saturated carbocycles. The molecule has 0 unspecified atom stereocenters. The van der Waals surface area contributed by atoms with Crippen molar-refractivity contribution in [2.45, 2.75) is 46.0 Å². The highest BCUT2D eigenvalue weighted by molar-refractivity contribution is 5.38. The van der Waals surface area contributed by atoms with Crippen LogP contribution in [0.3, 0.4) is 0 Å². The van der Waals surface area contributed by atoms with Gasteiger partial charge in [0.1, 0.15) is 0 Å². The summed E-state index contributed by atoms with van der Waals surface area (Å²) in [4.78, 5) is 15.5. The second-order valence-corrected chi connectivity index (χ2v) is 5.06. The lowest BCUT2D eigenvalue weighted by molar-refractivity contribution is 0.291. The second-order valence-electron chi connectivity index (χ2n) is 5.06. The molecule has 1 aliphatic rings. The summed E-state index contributed by atoms with van der Waals surface area (Å²) in [5.74, 6) is 1.36. The summed E-state index contributed by atoms with van der Waals surface area (Å²) in [6, 6.07) is 0.432. The molecule has 20 heavy (non-hydrogen) atoms. The molecule has 1 N–H and O–H groups in total. The zero-order chi connectivity index (χ0) is 14.2. The molecule has 0 amide bonds. The molecule has 0 atom stereocenters. The van der Waals surface area contributed by atoms with Gasteiger partial charge in [-0.2, -0.15) is 15.0 Å². The Balaban J connectivity index is 2.14. The molecule has 0 aromatic carbocycles. The number of anilines is 2. The predicted octanol–water partition coefficient (Wildman–Crippen LogP) is 2.47. The van der Waals surface area contributed by atoms with E-state index < -0.39 is 0 Å². The van der Waals surface area contributed by atoms with Gasteiger partial charge in [-0.1, -0.05) is 13.8 Å². The number of ether oxygens (including phenoxy) is 1. The molecule has 112 valence electrons. The number of nitrogens with zero attached hydrogens (tertiary/aromatic N) is 4. The average molecular weight is 279 g/mol. The van der Waals surface area contributed by atoms with Crippen LogP contribution in [0.1, 0.15) is 46.0 Å². The maximum Gasteiger partial charge on any atom is 0.323 e. The summed E-state index contributed by atoms with van der Waals surface area (Å²) < 4.78 is 5.58. The topological polar surface area (TPSA) is 63.2 Å². The van der Waals surface area contributed by atoms with Gasteiger partial charge in [0.15, 0.2) is 0 Å². The molecule has 1 aromatic heterocycles. The summed E-state index contributed by atoms with van der Waals surface area (Å²) in [5.41, 5.74) is 0. The maximum absolute atomic E-state index is 5.58. The van der Waals surface area contributed by atoms with E-state index in [1.807, 2.05) is 0 Å².